The summed E-state index contributed by atoms with van der Waals surface area (Å²) in [5, 5.41) is 3.01. The second kappa shape index (κ2) is 15.6. The van der Waals surface area contributed by atoms with E-state index in [1.165, 1.54) is 17.6 Å². The fourth-order valence-corrected chi connectivity index (χ4v) is 7.76. The number of amides is 2. The lowest BCUT2D eigenvalue weighted by molar-refractivity contribution is -0.129. The highest BCUT2D eigenvalue weighted by molar-refractivity contribution is 5.96. The number of Topliss-reactive ketones (excluding diaryl/α,β-unsaturated/α-hetero) is 1. The molecule has 1 aromatic heterocycles. The molecule has 2 saturated heterocycles. The first kappa shape index (κ1) is 34.7. The fourth-order valence-electron chi connectivity index (χ4n) is 7.76. The summed E-state index contributed by atoms with van der Waals surface area (Å²) in [4.78, 5) is 53.7. The first-order valence-electron chi connectivity index (χ1n) is 18.2. The average molecular weight is 665 g/mol. The standard InChI is InChI=1S/C40H52N6O3/c1-29-38(30(2)43-28-42-29)39(49)44-24-20-40(3,21-25-44)45-22-18-35(19-23-45)46(27-32-8-5-4-6-9-32)34-14-12-31(13-15-34)26-41-37(48)17-16-36(47)33-10-7-11-33/h4-6,8-9,12-15,28,33,35H,7,10-11,16-27H2,1-3H3,(H,41,48). The highest BCUT2D eigenvalue weighted by Crippen LogP contribution is 2.34. The van der Waals surface area contributed by atoms with Crippen LogP contribution in [0.3, 0.4) is 0 Å². The Morgan fingerprint density at radius 2 is 1.49 bits per heavy atom. The molecular weight excluding hydrogens is 612 g/mol. The van der Waals surface area contributed by atoms with Crippen molar-refractivity contribution in [3.63, 3.8) is 0 Å². The number of nitrogens with one attached hydrogen (secondary N) is 1. The number of piperidine rings is 2. The Kier molecular flexibility index (Phi) is 11.1. The molecule has 0 atom stereocenters. The van der Waals surface area contributed by atoms with Crippen molar-refractivity contribution in [2.24, 2.45) is 5.92 Å². The van der Waals surface area contributed by atoms with E-state index in [0.29, 0.717) is 24.6 Å². The molecule has 3 aliphatic rings. The Hall–Kier alpha value is -4.11. The third-order valence-corrected chi connectivity index (χ3v) is 11.3. The largest absolute Gasteiger partial charge is 0.364 e. The first-order valence-corrected chi connectivity index (χ1v) is 18.2. The molecule has 2 amide bonds. The van der Waals surface area contributed by atoms with E-state index in [1.54, 1.807) is 0 Å². The summed E-state index contributed by atoms with van der Waals surface area (Å²) in [6, 6.07) is 19.7. The van der Waals surface area contributed by atoms with E-state index in [9.17, 15) is 14.4 Å². The van der Waals surface area contributed by atoms with Crippen LogP contribution in [0, 0.1) is 19.8 Å². The number of carbonyl (C=O) groups excluding carboxylic acids is 3. The van der Waals surface area contributed by atoms with Gasteiger partial charge in [-0.25, -0.2) is 9.97 Å². The topological polar surface area (TPSA) is 98.7 Å². The highest BCUT2D eigenvalue weighted by atomic mass is 16.2. The predicted molar refractivity (Wildman–Crippen MR) is 192 cm³/mol. The quantitative estimate of drug-likeness (QED) is 0.253. The molecule has 260 valence electrons. The molecule has 3 aromatic rings. The summed E-state index contributed by atoms with van der Waals surface area (Å²) < 4.78 is 0. The molecule has 2 aromatic carbocycles. The van der Waals surface area contributed by atoms with E-state index in [1.807, 2.05) is 18.7 Å². The van der Waals surface area contributed by atoms with Crippen molar-refractivity contribution in [2.75, 3.05) is 31.1 Å². The number of benzene rings is 2. The lowest BCUT2D eigenvalue weighted by Crippen LogP contribution is -2.58. The van der Waals surface area contributed by atoms with Gasteiger partial charge in [0, 0.05) is 75.3 Å². The maximum Gasteiger partial charge on any atom is 0.257 e. The van der Waals surface area contributed by atoms with E-state index in [4.69, 9.17) is 0 Å². The van der Waals surface area contributed by atoms with Gasteiger partial charge in [-0.15, -0.1) is 0 Å². The molecule has 9 nitrogen and oxygen atoms in total. The normalized spacial score (nSPS) is 18.5. The van der Waals surface area contributed by atoms with Gasteiger partial charge < -0.3 is 15.1 Å². The van der Waals surface area contributed by atoms with Gasteiger partial charge in [-0.2, -0.15) is 0 Å². The van der Waals surface area contributed by atoms with Crippen LogP contribution in [0.5, 0.6) is 0 Å². The van der Waals surface area contributed by atoms with E-state index in [-0.39, 0.29) is 35.5 Å². The van der Waals surface area contributed by atoms with Gasteiger partial charge in [0.2, 0.25) is 5.91 Å². The van der Waals surface area contributed by atoms with Crippen LogP contribution in [0.25, 0.3) is 0 Å². The third-order valence-electron chi connectivity index (χ3n) is 11.3. The fraction of sp³-hybridized carbons (Fsp3) is 0.525. The average Bonchev–Trinajstić information content (AvgIpc) is 3.09. The highest BCUT2D eigenvalue weighted by Gasteiger charge is 2.40. The number of ketones is 1. The van der Waals surface area contributed by atoms with E-state index in [2.05, 4.69) is 86.6 Å². The van der Waals surface area contributed by atoms with Gasteiger partial charge in [0.1, 0.15) is 12.1 Å². The van der Waals surface area contributed by atoms with Crippen molar-refractivity contribution in [1.29, 1.82) is 0 Å². The molecule has 0 spiro atoms. The van der Waals surface area contributed by atoms with Gasteiger partial charge >= 0.3 is 0 Å². The molecule has 0 bridgehead atoms. The van der Waals surface area contributed by atoms with Crippen molar-refractivity contribution < 1.29 is 14.4 Å². The van der Waals surface area contributed by atoms with Gasteiger partial charge in [0.05, 0.1) is 17.0 Å². The van der Waals surface area contributed by atoms with Gasteiger partial charge in [-0.1, -0.05) is 48.9 Å². The summed E-state index contributed by atoms with van der Waals surface area (Å²) in [6.45, 7) is 11.0. The van der Waals surface area contributed by atoms with Crippen molar-refractivity contribution >= 4 is 23.3 Å². The molecule has 0 unspecified atom stereocenters. The first-order chi connectivity index (χ1) is 23.7. The SMILES string of the molecule is Cc1ncnc(C)c1C(=O)N1CCC(C)(N2CCC(N(Cc3ccccc3)c3ccc(CNC(=O)CCC(=O)C4CCC4)cc3)CC2)CC1. The predicted octanol–water partition coefficient (Wildman–Crippen LogP) is 6.02. The van der Waals surface area contributed by atoms with Crippen molar-refractivity contribution in [2.45, 2.75) is 103 Å². The van der Waals surface area contributed by atoms with Crippen LogP contribution in [0.4, 0.5) is 5.69 Å². The Bertz CT molecular complexity index is 1570. The summed E-state index contributed by atoms with van der Waals surface area (Å²) in [5.41, 5.74) is 5.75. The number of hydrogen-bond acceptors (Lipinski definition) is 7. The smallest absolute Gasteiger partial charge is 0.257 e. The zero-order valence-corrected chi connectivity index (χ0v) is 29.5. The summed E-state index contributed by atoms with van der Waals surface area (Å²) >= 11 is 0. The van der Waals surface area contributed by atoms with Crippen LogP contribution < -0.4 is 10.2 Å². The zero-order chi connectivity index (χ0) is 34.4. The molecule has 1 aliphatic carbocycles. The van der Waals surface area contributed by atoms with Gasteiger partial charge in [-0.05, 0) is 82.6 Å². The molecular formula is C40H52N6O3. The minimum absolute atomic E-state index is 0.0528. The van der Waals surface area contributed by atoms with Crippen molar-refractivity contribution in [3.05, 3.63) is 89.0 Å². The molecule has 3 heterocycles. The summed E-state index contributed by atoms with van der Waals surface area (Å²) in [5.74, 6) is 0.425. The molecule has 2 aliphatic heterocycles. The van der Waals surface area contributed by atoms with Crippen LogP contribution in [-0.4, -0.2) is 75.1 Å². The van der Waals surface area contributed by atoms with Crippen LogP contribution >= 0.6 is 0 Å². The maximum atomic E-state index is 13.4. The number of nitrogens with zero attached hydrogens (tertiary/aromatic N) is 5. The molecule has 1 N–H and O–H groups in total. The van der Waals surface area contributed by atoms with Crippen LogP contribution in [-0.2, 0) is 22.7 Å². The lowest BCUT2D eigenvalue weighted by atomic mass is 9.81. The number of likely N-dealkylation sites (tertiary alicyclic amines) is 2. The number of aryl methyl sites for hydroxylation is 2. The maximum absolute atomic E-state index is 13.4. The van der Waals surface area contributed by atoms with Crippen molar-refractivity contribution in [1.82, 2.24) is 25.1 Å². The van der Waals surface area contributed by atoms with Crippen LogP contribution in [0.15, 0.2) is 60.9 Å². The van der Waals surface area contributed by atoms with Gasteiger partial charge in [0.15, 0.2) is 0 Å². The Morgan fingerprint density at radius 1 is 0.837 bits per heavy atom. The molecule has 0 radical (unpaired) electrons. The summed E-state index contributed by atoms with van der Waals surface area (Å²) in [6.07, 6.45) is 9.31. The molecule has 9 heteroatoms. The van der Waals surface area contributed by atoms with Gasteiger partial charge in [-0.3, -0.25) is 19.3 Å². The van der Waals surface area contributed by atoms with Crippen LogP contribution in [0.2, 0.25) is 0 Å². The second-order valence-electron chi connectivity index (χ2n) is 14.6. The zero-order valence-electron chi connectivity index (χ0n) is 29.5. The molecule has 3 fully saturated rings. The Balaban J connectivity index is 1.04. The van der Waals surface area contributed by atoms with Crippen LogP contribution in [0.1, 0.15) is 97.6 Å². The number of hydrogen-bond donors (Lipinski definition) is 1. The molecule has 6 rings (SSSR count). The lowest BCUT2D eigenvalue weighted by Gasteiger charge is -2.50. The van der Waals surface area contributed by atoms with Crippen molar-refractivity contribution in [3.8, 4) is 0 Å². The monoisotopic (exact) mass is 664 g/mol. The number of anilines is 1. The Morgan fingerprint density at radius 3 is 2.10 bits per heavy atom. The Labute approximate surface area is 291 Å². The summed E-state index contributed by atoms with van der Waals surface area (Å²) in [7, 11) is 0. The number of carbonyl (C=O) groups is 3. The van der Waals surface area contributed by atoms with E-state index in [0.717, 1.165) is 94.6 Å². The van der Waals surface area contributed by atoms with E-state index < -0.39 is 0 Å². The number of aromatic nitrogens is 2. The van der Waals surface area contributed by atoms with E-state index >= 15 is 0 Å². The minimum atomic E-state index is -0.0591. The van der Waals surface area contributed by atoms with Gasteiger partial charge in [0.25, 0.3) is 5.91 Å². The second-order valence-corrected chi connectivity index (χ2v) is 14.6. The number of rotatable bonds is 12. The molecule has 1 saturated carbocycles. The minimum Gasteiger partial charge on any atom is -0.364 e. The molecule has 49 heavy (non-hydrogen) atoms. The third kappa shape index (κ3) is 8.38.